The van der Waals surface area contributed by atoms with Crippen molar-refractivity contribution >= 4 is 23.3 Å². The molecule has 0 bridgehead atoms. The van der Waals surface area contributed by atoms with Crippen LogP contribution in [0.2, 0.25) is 5.02 Å². The molecule has 0 aromatic heterocycles. The maximum absolute atomic E-state index is 12.2. The molecular weight excluding hydrogens is 302 g/mol. The van der Waals surface area contributed by atoms with Gasteiger partial charge in [0, 0.05) is 18.1 Å². The van der Waals surface area contributed by atoms with E-state index < -0.39 is 5.60 Å². The Morgan fingerprint density at radius 3 is 2.50 bits per heavy atom. The summed E-state index contributed by atoms with van der Waals surface area (Å²) >= 11 is 5.92. The lowest BCUT2D eigenvalue weighted by Crippen LogP contribution is -2.40. The number of carbonyl (C=O) groups is 1. The number of amides is 1. The summed E-state index contributed by atoms with van der Waals surface area (Å²) < 4.78 is 5.43. The van der Waals surface area contributed by atoms with Crippen LogP contribution in [0.4, 0.5) is 4.79 Å². The highest BCUT2D eigenvalue weighted by molar-refractivity contribution is 6.30. The molecule has 1 aliphatic heterocycles. The molecule has 0 radical (unpaired) electrons. The summed E-state index contributed by atoms with van der Waals surface area (Å²) in [5, 5.41) is 10.2. The molecule has 22 heavy (non-hydrogen) atoms. The fraction of sp³-hybridized carbons (Fsp3) is 0.471. The number of rotatable bonds is 2. The number of aliphatic hydroxyl groups is 1. The molecule has 1 aromatic carbocycles. The van der Waals surface area contributed by atoms with Crippen LogP contribution in [-0.4, -0.2) is 41.4 Å². The van der Waals surface area contributed by atoms with Crippen LogP contribution in [0.15, 0.2) is 29.8 Å². The molecule has 0 saturated heterocycles. The van der Waals surface area contributed by atoms with Gasteiger partial charge >= 0.3 is 6.09 Å². The van der Waals surface area contributed by atoms with Gasteiger partial charge in [0.05, 0.1) is 6.61 Å². The van der Waals surface area contributed by atoms with Crippen LogP contribution in [0.1, 0.15) is 32.8 Å². The minimum Gasteiger partial charge on any atom is -0.444 e. The van der Waals surface area contributed by atoms with Gasteiger partial charge in [0.2, 0.25) is 0 Å². The molecule has 1 N–H and O–H groups in total. The lowest BCUT2D eigenvalue weighted by atomic mass is 9.94. The van der Waals surface area contributed by atoms with Gasteiger partial charge in [-0.1, -0.05) is 23.7 Å². The maximum Gasteiger partial charge on any atom is 0.410 e. The van der Waals surface area contributed by atoms with E-state index in [2.05, 4.69) is 0 Å². The maximum atomic E-state index is 12.2. The number of carbonyl (C=O) groups excluding carboxylic acids is 1. The lowest BCUT2D eigenvalue weighted by molar-refractivity contribution is 0.0269. The number of hydrogen-bond donors (Lipinski definition) is 1. The molecular formula is C17H22ClNO3. The van der Waals surface area contributed by atoms with E-state index in [1.54, 1.807) is 4.90 Å². The van der Waals surface area contributed by atoms with Crippen LogP contribution in [0, 0.1) is 0 Å². The van der Waals surface area contributed by atoms with Gasteiger partial charge in [-0.25, -0.2) is 4.79 Å². The zero-order chi connectivity index (χ0) is 16.3. The Morgan fingerprint density at radius 2 is 1.95 bits per heavy atom. The number of ether oxygens (including phenoxy) is 1. The van der Waals surface area contributed by atoms with Crippen LogP contribution >= 0.6 is 11.6 Å². The van der Waals surface area contributed by atoms with Crippen molar-refractivity contribution in [2.75, 3.05) is 19.7 Å². The zero-order valence-electron chi connectivity index (χ0n) is 13.2. The van der Waals surface area contributed by atoms with E-state index in [0.717, 1.165) is 16.7 Å². The first-order valence-electron chi connectivity index (χ1n) is 7.36. The van der Waals surface area contributed by atoms with Crippen molar-refractivity contribution < 1.29 is 14.6 Å². The van der Waals surface area contributed by atoms with Crippen LogP contribution in [0.25, 0.3) is 5.57 Å². The molecule has 1 heterocycles. The predicted molar refractivity (Wildman–Crippen MR) is 87.9 cm³/mol. The Balaban J connectivity index is 2.21. The van der Waals surface area contributed by atoms with Gasteiger partial charge in [-0.2, -0.15) is 0 Å². The number of aliphatic hydroxyl groups excluding tert-OH is 1. The summed E-state index contributed by atoms with van der Waals surface area (Å²) in [6.07, 6.45) is 0.323. The van der Waals surface area contributed by atoms with Gasteiger partial charge in [0.25, 0.3) is 0 Å². The van der Waals surface area contributed by atoms with Crippen molar-refractivity contribution in [1.29, 1.82) is 0 Å². The monoisotopic (exact) mass is 323 g/mol. The highest BCUT2D eigenvalue weighted by Crippen LogP contribution is 2.28. The van der Waals surface area contributed by atoms with Gasteiger partial charge in [0.1, 0.15) is 5.60 Å². The van der Waals surface area contributed by atoms with Crippen molar-refractivity contribution in [1.82, 2.24) is 4.90 Å². The van der Waals surface area contributed by atoms with E-state index >= 15 is 0 Å². The molecule has 1 aromatic rings. The van der Waals surface area contributed by atoms with Crippen LogP contribution in [0.3, 0.4) is 0 Å². The Kier molecular flexibility index (Phi) is 5.14. The van der Waals surface area contributed by atoms with E-state index in [0.29, 0.717) is 24.5 Å². The van der Waals surface area contributed by atoms with Gasteiger partial charge in [0.15, 0.2) is 0 Å². The van der Waals surface area contributed by atoms with Crippen LogP contribution in [-0.2, 0) is 4.74 Å². The minimum absolute atomic E-state index is 0.000117. The molecule has 0 unspecified atom stereocenters. The molecule has 1 aliphatic rings. The summed E-state index contributed by atoms with van der Waals surface area (Å²) in [7, 11) is 0. The normalized spacial score (nSPS) is 16.0. The minimum atomic E-state index is -0.515. The van der Waals surface area contributed by atoms with E-state index in [4.69, 9.17) is 16.3 Å². The summed E-state index contributed by atoms with van der Waals surface area (Å²) in [5.41, 5.74) is 2.39. The highest BCUT2D eigenvalue weighted by Gasteiger charge is 2.27. The fourth-order valence-corrected chi connectivity index (χ4v) is 2.53. The SMILES string of the molecule is CC(C)(C)OC(=O)N1CCC(CO)=C(c2ccc(Cl)cc2)C1. The molecule has 0 spiro atoms. The number of hydrogen-bond acceptors (Lipinski definition) is 3. The largest absolute Gasteiger partial charge is 0.444 e. The van der Waals surface area contributed by atoms with E-state index in [1.807, 2.05) is 45.0 Å². The second-order valence-electron chi connectivity index (χ2n) is 6.40. The van der Waals surface area contributed by atoms with E-state index in [-0.39, 0.29) is 12.7 Å². The predicted octanol–water partition coefficient (Wildman–Crippen LogP) is 3.73. The molecule has 120 valence electrons. The van der Waals surface area contributed by atoms with Gasteiger partial charge in [-0.15, -0.1) is 0 Å². The Hall–Kier alpha value is -1.52. The molecule has 0 fully saturated rings. The van der Waals surface area contributed by atoms with Crippen molar-refractivity contribution in [2.24, 2.45) is 0 Å². The third kappa shape index (κ3) is 4.24. The second-order valence-corrected chi connectivity index (χ2v) is 6.84. The van der Waals surface area contributed by atoms with Crippen molar-refractivity contribution in [3.8, 4) is 0 Å². The molecule has 0 saturated carbocycles. The Morgan fingerprint density at radius 1 is 1.32 bits per heavy atom. The molecule has 5 heteroatoms. The Bertz CT molecular complexity index is 573. The molecule has 2 rings (SSSR count). The summed E-state index contributed by atoms with van der Waals surface area (Å²) in [4.78, 5) is 13.9. The smallest absolute Gasteiger partial charge is 0.410 e. The third-order valence-electron chi connectivity index (χ3n) is 3.49. The van der Waals surface area contributed by atoms with Crippen LogP contribution in [0.5, 0.6) is 0 Å². The lowest BCUT2D eigenvalue weighted by Gasteiger charge is -2.32. The average Bonchev–Trinajstić information content (AvgIpc) is 2.45. The number of benzene rings is 1. The summed E-state index contributed by atoms with van der Waals surface area (Å²) in [5.74, 6) is 0. The standard InChI is InChI=1S/C17H22ClNO3/c1-17(2,3)22-16(21)19-9-8-13(11-20)15(10-19)12-4-6-14(18)7-5-12/h4-7,20H,8-11H2,1-3H3. The number of nitrogens with zero attached hydrogens (tertiary/aromatic N) is 1. The first kappa shape index (κ1) is 16.8. The summed E-state index contributed by atoms with van der Waals surface area (Å²) in [6.45, 7) is 6.55. The zero-order valence-corrected chi connectivity index (χ0v) is 14.0. The van der Waals surface area contributed by atoms with Gasteiger partial charge in [-0.05, 0) is 56.0 Å². The topological polar surface area (TPSA) is 49.8 Å². The van der Waals surface area contributed by atoms with Crippen LogP contribution < -0.4 is 0 Å². The van der Waals surface area contributed by atoms with Gasteiger partial charge < -0.3 is 14.7 Å². The van der Waals surface area contributed by atoms with E-state index in [1.165, 1.54) is 0 Å². The first-order valence-corrected chi connectivity index (χ1v) is 7.73. The quantitative estimate of drug-likeness (QED) is 0.902. The van der Waals surface area contributed by atoms with Crippen molar-refractivity contribution in [3.05, 3.63) is 40.4 Å². The average molecular weight is 324 g/mol. The fourth-order valence-electron chi connectivity index (χ4n) is 2.41. The second kappa shape index (κ2) is 6.71. The molecule has 0 atom stereocenters. The van der Waals surface area contributed by atoms with Crippen molar-refractivity contribution in [3.63, 3.8) is 0 Å². The van der Waals surface area contributed by atoms with Gasteiger partial charge in [-0.3, -0.25) is 0 Å². The molecule has 4 nitrogen and oxygen atoms in total. The van der Waals surface area contributed by atoms with E-state index in [9.17, 15) is 9.90 Å². The third-order valence-corrected chi connectivity index (χ3v) is 3.75. The van der Waals surface area contributed by atoms with Crippen molar-refractivity contribution in [2.45, 2.75) is 32.8 Å². The molecule has 1 amide bonds. The first-order chi connectivity index (χ1) is 10.3. The number of halogens is 1. The molecule has 0 aliphatic carbocycles. The Labute approximate surface area is 136 Å². The summed E-state index contributed by atoms with van der Waals surface area (Å²) in [6, 6.07) is 7.44. The highest BCUT2D eigenvalue weighted by atomic mass is 35.5.